The Morgan fingerprint density at radius 1 is 1.24 bits per heavy atom. The second kappa shape index (κ2) is 12.1. The van der Waals surface area contributed by atoms with Crippen LogP contribution in [0.5, 0.6) is 0 Å². The molecule has 0 saturated heterocycles. The van der Waals surface area contributed by atoms with Gasteiger partial charge in [0.2, 0.25) is 0 Å². The largest absolute Gasteiger partial charge is 0.384 e. The molecule has 0 fully saturated rings. The van der Waals surface area contributed by atoms with Crippen molar-refractivity contribution >= 4 is 37.2 Å². The van der Waals surface area contributed by atoms with Gasteiger partial charge in [0.25, 0.3) is 0 Å². The van der Waals surface area contributed by atoms with Crippen LogP contribution in [0, 0.1) is 11.5 Å². The van der Waals surface area contributed by atoms with Crippen molar-refractivity contribution < 1.29 is 26.5 Å². The van der Waals surface area contributed by atoms with Crippen molar-refractivity contribution in [1.82, 2.24) is 0 Å². The van der Waals surface area contributed by atoms with Gasteiger partial charge in [-0.15, -0.1) is 43.6 Å². The average molecular weight is 337 g/mol. The topological polar surface area (TPSA) is 9.23 Å². The summed E-state index contributed by atoms with van der Waals surface area (Å²) in [6.45, 7) is 7.55. The molecule has 0 amide bonds. The van der Waals surface area contributed by atoms with E-state index < -0.39 is 0 Å². The van der Waals surface area contributed by atoms with Crippen molar-refractivity contribution in [3.05, 3.63) is 23.3 Å². The molecule has 0 aliphatic heterocycles. The Balaban J connectivity index is -0.000000211. The first-order valence-corrected chi connectivity index (χ1v) is 4.85. The Labute approximate surface area is 139 Å². The fourth-order valence-electron chi connectivity index (χ4n) is 1.68. The van der Waals surface area contributed by atoms with Gasteiger partial charge in [-0.25, -0.2) is 5.57 Å². The molecule has 0 aromatic carbocycles. The molecule has 0 spiro atoms. The molecule has 0 saturated carbocycles. The third-order valence-electron chi connectivity index (χ3n) is 2.31. The molecule has 0 atom stereocenters. The van der Waals surface area contributed by atoms with Gasteiger partial charge in [-0.05, 0) is 6.42 Å². The maximum atomic E-state index is 5.08. The Bertz CT molecular complexity index is 245. The van der Waals surface area contributed by atoms with Crippen molar-refractivity contribution in [3.63, 3.8) is 0 Å². The van der Waals surface area contributed by atoms with Gasteiger partial charge in [-0.3, -0.25) is 6.08 Å². The molecule has 0 bridgehead atoms. The number of halogens is 3. The van der Waals surface area contributed by atoms with E-state index in [9.17, 15) is 0 Å². The fourth-order valence-corrected chi connectivity index (χ4v) is 1.68. The van der Waals surface area contributed by atoms with Gasteiger partial charge in [0.15, 0.2) is 0 Å². The number of hydrogen-bond acceptors (Lipinski definition) is 1. The van der Waals surface area contributed by atoms with Crippen LogP contribution in [0.3, 0.4) is 0 Å². The van der Waals surface area contributed by atoms with Crippen LogP contribution in [0.1, 0.15) is 33.6 Å². The molecule has 1 nitrogen and oxygen atoms in total. The Morgan fingerprint density at radius 3 is 2.18 bits per heavy atom. The number of hydrogen-bond donors (Lipinski definition) is 0. The van der Waals surface area contributed by atoms with E-state index in [-0.39, 0.29) is 64.4 Å². The number of rotatable bonds is 3. The van der Waals surface area contributed by atoms with E-state index in [0.29, 0.717) is 0 Å². The van der Waals surface area contributed by atoms with E-state index in [1.807, 2.05) is 0 Å². The predicted octanol–water partition coefficient (Wildman–Crippen LogP) is 4.39. The first-order valence-electron chi connectivity index (χ1n) is 4.85. The first kappa shape index (κ1) is 26.6. The van der Waals surface area contributed by atoms with Gasteiger partial charge in [0.1, 0.15) is 0 Å². The second-order valence-corrected chi connectivity index (χ2v) is 4.47. The van der Waals surface area contributed by atoms with E-state index in [2.05, 4.69) is 32.9 Å². The summed E-state index contributed by atoms with van der Waals surface area (Å²) in [5, 5.41) is 0. The van der Waals surface area contributed by atoms with Crippen LogP contribution in [-0.2, 0) is 26.5 Å². The third-order valence-corrected chi connectivity index (χ3v) is 2.31. The molecule has 102 valence electrons. The molecule has 17 heavy (non-hydrogen) atoms. The molecule has 0 radical (unpaired) electrons. The molecule has 0 heterocycles. The van der Waals surface area contributed by atoms with Crippen LogP contribution in [0.2, 0.25) is 0 Å². The Kier molecular flexibility index (Phi) is 18.9. The van der Waals surface area contributed by atoms with Gasteiger partial charge in [-0.1, -0.05) is 26.2 Å². The Morgan fingerprint density at radius 2 is 1.76 bits per heavy atom. The minimum atomic E-state index is 0. The normalized spacial score (nSPS) is 13.2. The standard InChI is InChI=1S/C12H19O.3ClH.Ti/c1-12(2,3)11-7-5-6-10(11)8-9-13-4;;;;/h7H,5,8-9H2,1-4H3;3*1H;/q-1;;;;. The Hall–Kier alpha value is 1.02. The quantitative estimate of drug-likeness (QED) is 0.548. The van der Waals surface area contributed by atoms with Gasteiger partial charge < -0.3 is 4.74 Å². The van der Waals surface area contributed by atoms with E-state index in [0.717, 1.165) is 19.4 Å². The zero-order valence-corrected chi connectivity index (χ0v) is 14.8. The maximum Gasteiger partial charge on any atom is 0.0473 e. The number of allylic oxidation sites excluding steroid dienone is 3. The van der Waals surface area contributed by atoms with Gasteiger partial charge in [-0.2, -0.15) is 11.6 Å². The summed E-state index contributed by atoms with van der Waals surface area (Å²) >= 11 is 0. The molecule has 1 rings (SSSR count). The molecule has 1 aliphatic rings. The summed E-state index contributed by atoms with van der Waals surface area (Å²) < 4.78 is 5.08. The number of ether oxygens (including phenoxy) is 1. The fraction of sp³-hybridized carbons (Fsp3) is 0.667. The molecular formula is C12H22Cl3OTi-. The van der Waals surface area contributed by atoms with Crippen molar-refractivity contribution in [2.45, 2.75) is 33.6 Å². The van der Waals surface area contributed by atoms with Gasteiger partial charge >= 0.3 is 0 Å². The summed E-state index contributed by atoms with van der Waals surface area (Å²) in [4.78, 5) is 0. The molecule has 0 aromatic rings. The maximum absolute atomic E-state index is 5.08. The molecular weight excluding hydrogens is 314 g/mol. The smallest absolute Gasteiger partial charge is 0.0473 e. The van der Waals surface area contributed by atoms with Crippen LogP contribution in [0.4, 0.5) is 0 Å². The van der Waals surface area contributed by atoms with Crippen LogP contribution in [-0.4, -0.2) is 13.7 Å². The van der Waals surface area contributed by atoms with E-state index in [4.69, 9.17) is 4.74 Å². The zero-order chi connectivity index (χ0) is 9.90. The van der Waals surface area contributed by atoms with Crippen molar-refractivity contribution in [1.29, 1.82) is 0 Å². The molecule has 0 N–H and O–H groups in total. The molecule has 0 unspecified atom stereocenters. The predicted molar refractivity (Wildman–Crippen MR) is 77.1 cm³/mol. The average Bonchev–Trinajstić information content (AvgIpc) is 2.47. The molecule has 5 heteroatoms. The molecule has 1 aliphatic carbocycles. The third kappa shape index (κ3) is 8.69. The van der Waals surface area contributed by atoms with Crippen molar-refractivity contribution in [2.75, 3.05) is 13.7 Å². The van der Waals surface area contributed by atoms with Crippen molar-refractivity contribution in [3.8, 4) is 0 Å². The van der Waals surface area contributed by atoms with Gasteiger partial charge in [0.05, 0.1) is 0 Å². The summed E-state index contributed by atoms with van der Waals surface area (Å²) in [5.41, 5.74) is 3.06. The van der Waals surface area contributed by atoms with Crippen LogP contribution < -0.4 is 0 Å². The minimum absolute atomic E-state index is 0. The second-order valence-electron chi connectivity index (χ2n) is 4.47. The van der Waals surface area contributed by atoms with E-state index in [1.165, 1.54) is 11.1 Å². The van der Waals surface area contributed by atoms with E-state index >= 15 is 0 Å². The minimum Gasteiger partial charge on any atom is -0.384 e. The SMILES string of the molecule is COCCC1=[C-]CC=C1C(C)(C)C.Cl.Cl.Cl.[Ti]. The summed E-state index contributed by atoms with van der Waals surface area (Å²) in [5.74, 6) is 0. The summed E-state index contributed by atoms with van der Waals surface area (Å²) in [6.07, 6.45) is 7.65. The first-order chi connectivity index (χ1) is 6.05. The zero-order valence-electron chi connectivity index (χ0n) is 10.8. The van der Waals surface area contributed by atoms with Crippen molar-refractivity contribution in [2.24, 2.45) is 5.41 Å². The number of methoxy groups -OCH3 is 1. The van der Waals surface area contributed by atoms with Crippen LogP contribution >= 0.6 is 37.2 Å². The van der Waals surface area contributed by atoms with Gasteiger partial charge in [0, 0.05) is 35.4 Å². The van der Waals surface area contributed by atoms with Crippen LogP contribution in [0.25, 0.3) is 0 Å². The molecule has 0 aromatic heterocycles. The van der Waals surface area contributed by atoms with Crippen LogP contribution in [0.15, 0.2) is 17.2 Å². The monoisotopic (exact) mass is 335 g/mol. The summed E-state index contributed by atoms with van der Waals surface area (Å²) in [6, 6.07) is 0. The van der Waals surface area contributed by atoms with E-state index in [1.54, 1.807) is 7.11 Å². The summed E-state index contributed by atoms with van der Waals surface area (Å²) in [7, 11) is 1.75.